The number of nitrogens with zero attached hydrogens (tertiary/aromatic N) is 1. The highest BCUT2D eigenvalue weighted by Gasteiger charge is 2.05. The van der Waals surface area contributed by atoms with Gasteiger partial charge < -0.3 is 10.2 Å². The molecule has 4 heteroatoms. The van der Waals surface area contributed by atoms with E-state index in [9.17, 15) is 9.18 Å². The minimum atomic E-state index is -0.341. The summed E-state index contributed by atoms with van der Waals surface area (Å²) in [6, 6.07) is 5.93. The molecule has 0 atom stereocenters. The second-order valence-electron chi connectivity index (χ2n) is 3.84. The second-order valence-corrected chi connectivity index (χ2v) is 3.84. The second kappa shape index (κ2) is 7.01. The molecule has 0 aliphatic heterocycles. The molecule has 1 N–H and O–H groups in total. The van der Waals surface area contributed by atoms with Gasteiger partial charge in [0.25, 0.3) is 0 Å². The van der Waals surface area contributed by atoms with E-state index in [2.05, 4.69) is 24.1 Å². The molecule has 0 heterocycles. The summed E-state index contributed by atoms with van der Waals surface area (Å²) in [5, 5.41) is 2.68. The number of benzene rings is 1. The molecular formula is C13H19FN2O. The van der Waals surface area contributed by atoms with Gasteiger partial charge in [-0.25, -0.2) is 4.39 Å². The van der Waals surface area contributed by atoms with Gasteiger partial charge in [-0.1, -0.05) is 19.9 Å². The zero-order valence-corrected chi connectivity index (χ0v) is 10.4. The van der Waals surface area contributed by atoms with Crippen molar-refractivity contribution in [3.63, 3.8) is 0 Å². The molecule has 0 saturated heterocycles. The van der Waals surface area contributed by atoms with E-state index in [1.54, 1.807) is 12.1 Å². The van der Waals surface area contributed by atoms with Crippen molar-refractivity contribution in [3.05, 3.63) is 30.1 Å². The highest BCUT2D eigenvalue weighted by molar-refractivity contribution is 5.90. The van der Waals surface area contributed by atoms with Crippen LogP contribution in [0.2, 0.25) is 0 Å². The van der Waals surface area contributed by atoms with Crippen LogP contribution >= 0.6 is 0 Å². The molecule has 0 aromatic heterocycles. The standard InChI is InChI=1S/C13H19FN2O/c1-3-16(4-2)9-8-13(17)15-12-7-5-6-11(14)10-12/h5-7,10H,3-4,8-9H2,1-2H3,(H,15,17). The summed E-state index contributed by atoms with van der Waals surface area (Å²) in [5.41, 5.74) is 0.509. The Morgan fingerprint density at radius 2 is 2.06 bits per heavy atom. The predicted molar refractivity (Wildman–Crippen MR) is 67.4 cm³/mol. The molecule has 1 aromatic rings. The minimum Gasteiger partial charge on any atom is -0.326 e. The molecule has 0 fully saturated rings. The summed E-state index contributed by atoms with van der Waals surface area (Å²) >= 11 is 0. The van der Waals surface area contributed by atoms with E-state index in [0.717, 1.165) is 19.6 Å². The van der Waals surface area contributed by atoms with Gasteiger partial charge >= 0.3 is 0 Å². The third kappa shape index (κ3) is 4.95. The van der Waals surface area contributed by atoms with Gasteiger partial charge in [-0.3, -0.25) is 4.79 Å². The fraction of sp³-hybridized carbons (Fsp3) is 0.462. The Kier molecular flexibility index (Phi) is 5.63. The molecule has 0 unspecified atom stereocenters. The Morgan fingerprint density at radius 3 is 2.65 bits per heavy atom. The Bertz CT molecular complexity index is 364. The number of halogens is 1. The van der Waals surface area contributed by atoms with Crippen molar-refractivity contribution in [1.29, 1.82) is 0 Å². The maximum Gasteiger partial charge on any atom is 0.225 e. The number of hydrogen-bond donors (Lipinski definition) is 1. The quantitative estimate of drug-likeness (QED) is 0.825. The van der Waals surface area contributed by atoms with Crippen LogP contribution in [0.5, 0.6) is 0 Å². The number of hydrogen-bond acceptors (Lipinski definition) is 2. The van der Waals surface area contributed by atoms with Gasteiger partial charge in [0, 0.05) is 18.7 Å². The fourth-order valence-corrected chi connectivity index (χ4v) is 1.59. The lowest BCUT2D eigenvalue weighted by molar-refractivity contribution is -0.116. The van der Waals surface area contributed by atoms with Gasteiger partial charge in [-0.05, 0) is 31.3 Å². The van der Waals surface area contributed by atoms with Crippen LogP contribution in [-0.4, -0.2) is 30.4 Å². The fourth-order valence-electron chi connectivity index (χ4n) is 1.59. The monoisotopic (exact) mass is 238 g/mol. The largest absolute Gasteiger partial charge is 0.326 e. The molecule has 1 amide bonds. The van der Waals surface area contributed by atoms with Crippen molar-refractivity contribution >= 4 is 11.6 Å². The average molecular weight is 238 g/mol. The maximum atomic E-state index is 12.9. The Balaban J connectivity index is 2.39. The van der Waals surface area contributed by atoms with Crippen molar-refractivity contribution in [2.75, 3.05) is 25.0 Å². The van der Waals surface area contributed by atoms with E-state index >= 15 is 0 Å². The normalized spacial score (nSPS) is 10.6. The van der Waals surface area contributed by atoms with E-state index in [4.69, 9.17) is 0 Å². The number of nitrogens with one attached hydrogen (secondary N) is 1. The molecule has 0 spiro atoms. The van der Waals surface area contributed by atoms with Crippen LogP contribution < -0.4 is 5.32 Å². The third-order valence-corrected chi connectivity index (χ3v) is 2.66. The zero-order valence-electron chi connectivity index (χ0n) is 10.4. The van der Waals surface area contributed by atoms with Gasteiger partial charge in [0.1, 0.15) is 5.82 Å². The van der Waals surface area contributed by atoms with Crippen LogP contribution in [0, 0.1) is 5.82 Å². The average Bonchev–Trinajstić information content (AvgIpc) is 2.30. The summed E-state index contributed by atoms with van der Waals surface area (Å²) in [7, 11) is 0. The zero-order chi connectivity index (χ0) is 12.7. The first kappa shape index (κ1) is 13.6. The molecule has 0 saturated carbocycles. The molecule has 1 rings (SSSR count). The van der Waals surface area contributed by atoms with Crippen molar-refractivity contribution < 1.29 is 9.18 Å². The lowest BCUT2D eigenvalue weighted by Gasteiger charge is -2.17. The Labute approximate surface area is 102 Å². The number of carbonyl (C=O) groups excluding carboxylic acids is 1. The molecule has 17 heavy (non-hydrogen) atoms. The van der Waals surface area contributed by atoms with Gasteiger partial charge in [-0.2, -0.15) is 0 Å². The topological polar surface area (TPSA) is 32.3 Å². The summed E-state index contributed by atoms with van der Waals surface area (Å²) in [6.45, 7) is 6.73. The molecule has 3 nitrogen and oxygen atoms in total. The lowest BCUT2D eigenvalue weighted by Crippen LogP contribution is -2.27. The van der Waals surface area contributed by atoms with E-state index in [1.165, 1.54) is 12.1 Å². The first-order chi connectivity index (χ1) is 8.15. The third-order valence-electron chi connectivity index (χ3n) is 2.66. The predicted octanol–water partition coefficient (Wildman–Crippen LogP) is 2.50. The van der Waals surface area contributed by atoms with Gasteiger partial charge in [0.05, 0.1) is 0 Å². The first-order valence-corrected chi connectivity index (χ1v) is 5.93. The Morgan fingerprint density at radius 1 is 1.35 bits per heavy atom. The molecule has 0 radical (unpaired) electrons. The molecule has 94 valence electrons. The SMILES string of the molecule is CCN(CC)CCC(=O)Nc1cccc(F)c1. The van der Waals surface area contributed by atoms with Crippen molar-refractivity contribution in [3.8, 4) is 0 Å². The van der Waals surface area contributed by atoms with E-state index in [-0.39, 0.29) is 11.7 Å². The van der Waals surface area contributed by atoms with Gasteiger partial charge in [-0.15, -0.1) is 0 Å². The van der Waals surface area contributed by atoms with Crippen LogP contribution in [0.1, 0.15) is 20.3 Å². The summed E-state index contributed by atoms with van der Waals surface area (Å²) < 4.78 is 12.9. The van der Waals surface area contributed by atoms with Gasteiger partial charge in [0.2, 0.25) is 5.91 Å². The molecule has 1 aromatic carbocycles. The van der Waals surface area contributed by atoms with E-state index < -0.39 is 0 Å². The molecule has 0 aliphatic carbocycles. The van der Waals surface area contributed by atoms with E-state index in [0.29, 0.717) is 12.1 Å². The maximum absolute atomic E-state index is 12.9. The minimum absolute atomic E-state index is 0.0810. The van der Waals surface area contributed by atoms with Crippen molar-refractivity contribution in [2.45, 2.75) is 20.3 Å². The van der Waals surface area contributed by atoms with Crippen molar-refractivity contribution in [2.24, 2.45) is 0 Å². The number of amides is 1. The molecule has 0 bridgehead atoms. The van der Waals surface area contributed by atoms with Crippen LogP contribution in [0.3, 0.4) is 0 Å². The number of anilines is 1. The van der Waals surface area contributed by atoms with Gasteiger partial charge in [0.15, 0.2) is 0 Å². The summed E-state index contributed by atoms with van der Waals surface area (Å²) in [6.07, 6.45) is 0.429. The highest BCUT2D eigenvalue weighted by atomic mass is 19.1. The molecular weight excluding hydrogens is 219 g/mol. The Hall–Kier alpha value is -1.42. The van der Waals surface area contributed by atoms with Crippen LogP contribution in [0.4, 0.5) is 10.1 Å². The smallest absolute Gasteiger partial charge is 0.225 e. The van der Waals surface area contributed by atoms with E-state index in [1.807, 2.05) is 0 Å². The highest BCUT2D eigenvalue weighted by Crippen LogP contribution is 2.09. The van der Waals surface area contributed by atoms with Crippen LogP contribution in [0.15, 0.2) is 24.3 Å². The number of rotatable bonds is 6. The number of carbonyl (C=O) groups is 1. The van der Waals surface area contributed by atoms with Crippen LogP contribution in [-0.2, 0) is 4.79 Å². The van der Waals surface area contributed by atoms with Crippen LogP contribution in [0.25, 0.3) is 0 Å². The summed E-state index contributed by atoms with van der Waals surface area (Å²) in [4.78, 5) is 13.8. The first-order valence-electron chi connectivity index (χ1n) is 5.93. The van der Waals surface area contributed by atoms with Crippen molar-refractivity contribution in [1.82, 2.24) is 4.90 Å². The lowest BCUT2D eigenvalue weighted by atomic mass is 10.3. The summed E-state index contributed by atoms with van der Waals surface area (Å²) in [5.74, 6) is -0.422. The molecule has 0 aliphatic rings.